The monoisotopic (exact) mass is 364 g/mol. The Morgan fingerprint density at radius 1 is 1.12 bits per heavy atom. The van der Waals surface area contributed by atoms with Crippen LogP contribution in [0.25, 0.3) is 0 Å². The Hall–Kier alpha value is -2.12. The van der Waals surface area contributed by atoms with Crippen molar-refractivity contribution in [2.45, 2.75) is 25.9 Å². The highest BCUT2D eigenvalue weighted by molar-refractivity contribution is 7.99. The van der Waals surface area contributed by atoms with E-state index in [0.717, 1.165) is 11.4 Å². The average molecular weight is 365 g/mol. The van der Waals surface area contributed by atoms with Crippen molar-refractivity contribution in [2.24, 2.45) is 0 Å². The van der Waals surface area contributed by atoms with Crippen LogP contribution in [0.2, 0.25) is 5.02 Å². The Balaban J connectivity index is 1.94. The fraction of sp³-hybridized carbons (Fsp3) is 0.250. The zero-order valence-electron chi connectivity index (χ0n) is 13.5. The second kappa shape index (κ2) is 8.12. The summed E-state index contributed by atoms with van der Waals surface area (Å²) in [4.78, 5) is 31.6. The minimum atomic E-state index is -0.210. The first-order valence-corrected chi connectivity index (χ1v) is 8.52. The summed E-state index contributed by atoms with van der Waals surface area (Å²) in [6.07, 6.45) is 0. The molecule has 0 unspecified atom stereocenters. The molecule has 0 atom stereocenters. The van der Waals surface area contributed by atoms with Gasteiger partial charge in [0, 0.05) is 24.0 Å². The molecule has 1 aromatic carbocycles. The molecular weight excluding hydrogens is 348 g/mol. The molecule has 1 aromatic heterocycles. The molecule has 0 bridgehead atoms. The third kappa shape index (κ3) is 5.50. The van der Waals surface area contributed by atoms with Crippen LogP contribution in [0.3, 0.4) is 0 Å². The standard InChI is InChI=1S/C16H17ClN4O2S/c1-9-6-10(2)19-16(18-9)24-8-15(23)21-12-4-5-14(13(17)7-12)20-11(3)22/h4-7H,8H2,1-3H3,(H,20,22)(H,21,23). The smallest absolute Gasteiger partial charge is 0.234 e. The van der Waals surface area contributed by atoms with Crippen molar-refractivity contribution >= 4 is 46.6 Å². The fourth-order valence-electron chi connectivity index (χ4n) is 1.97. The number of aromatic nitrogens is 2. The van der Waals surface area contributed by atoms with Crippen molar-refractivity contribution in [3.63, 3.8) is 0 Å². The average Bonchev–Trinajstić information content (AvgIpc) is 2.47. The molecule has 0 aliphatic heterocycles. The van der Waals surface area contributed by atoms with Gasteiger partial charge < -0.3 is 10.6 Å². The molecule has 24 heavy (non-hydrogen) atoms. The van der Waals surface area contributed by atoms with Gasteiger partial charge in [0.05, 0.1) is 16.5 Å². The predicted octanol–water partition coefficient (Wildman–Crippen LogP) is 3.44. The second-order valence-electron chi connectivity index (χ2n) is 5.15. The summed E-state index contributed by atoms with van der Waals surface area (Å²) in [5.74, 6) is -0.210. The van der Waals surface area contributed by atoms with Gasteiger partial charge in [-0.1, -0.05) is 23.4 Å². The number of nitrogens with one attached hydrogen (secondary N) is 2. The van der Waals surface area contributed by atoms with E-state index in [0.29, 0.717) is 21.6 Å². The van der Waals surface area contributed by atoms with E-state index in [1.807, 2.05) is 19.9 Å². The van der Waals surface area contributed by atoms with Crippen molar-refractivity contribution in [2.75, 3.05) is 16.4 Å². The summed E-state index contributed by atoms with van der Waals surface area (Å²) < 4.78 is 0. The number of aryl methyl sites for hydroxylation is 2. The molecule has 1 heterocycles. The number of nitrogens with zero attached hydrogens (tertiary/aromatic N) is 2. The summed E-state index contributed by atoms with van der Waals surface area (Å²) in [6, 6.07) is 6.78. The van der Waals surface area contributed by atoms with E-state index in [4.69, 9.17) is 11.6 Å². The Morgan fingerprint density at radius 2 is 1.79 bits per heavy atom. The number of carbonyl (C=O) groups excluding carboxylic acids is 2. The molecule has 2 aromatic rings. The molecule has 0 aliphatic carbocycles. The van der Waals surface area contributed by atoms with Gasteiger partial charge in [-0.3, -0.25) is 9.59 Å². The third-order valence-corrected chi connectivity index (χ3v) is 4.02. The van der Waals surface area contributed by atoms with Gasteiger partial charge >= 0.3 is 0 Å². The Kier molecular flexibility index (Phi) is 6.16. The lowest BCUT2D eigenvalue weighted by atomic mass is 10.2. The molecule has 0 spiro atoms. The maximum atomic E-state index is 12.0. The number of amides is 2. The van der Waals surface area contributed by atoms with Gasteiger partial charge in [0.2, 0.25) is 11.8 Å². The van der Waals surface area contributed by atoms with Crippen LogP contribution in [0, 0.1) is 13.8 Å². The number of carbonyl (C=O) groups is 2. The summed E-state index contributed by atoms with van der Waals surface area (Å²) >= 11 is 7.34. The van der Waals surface area contributed by atoms with Crippen LogP contribution < -0.4 is 10.6 Å². The number of hydrogen-bond acceptors (Lipinski definition) is 5. The highest BCUT2D eigenvalue weighted by Crippen LogP contribution is 2.25. The van der Waals surface area contributed by atoms with E-state index in [1.54, 1.807) is 18.2 Å². The van der Waals surface area contributed by atoms with E-state index in [9.17, 15) is 9.59 Å². The first-order chi connectivity index (χ1) is 11.3. The SMILES string of the molecule is CC(=O)Nc1ccc(NC(=O)CSc2nc(C)cc(C)n2)cc1Cl. The Labute approximate surface area is 149 Å². The van der Waals surface area contributed by atoms with Gasteiger partial charge in [0.15, 0.2) is 5.16 Å². The normalized spacial score (nSPS) is 10.3. The van der Waals surface area contributed by atoms with E-state index >= 15 is 0 Å². The Bertz CT molecular complexity index is 762. The number of anilines is 2. The number of halogens is 1. The van der Waals surface area contributed by atoms with Gasteiger partial charge in [-0.25, -0.2) is 9.97 Å². The highest BCUT2D eigenvalue weighted by Gasteiger charge is 2.09. The fourth-order valence-corrected chi connectivity index (χ4v) is 2.95. The van der Waals surface area contributed by atoms with Crippen LogP contribution in [0.15, 0.2) is 29.4 Å². The maximum absolute atomic E-state index is 12.0. The van der Waals surface area contributed by atoms with Gasteiger partial charge in [0.25, 0.3) is 0 Å². The zero-order valence-corrected chi connectivity index (χ0v) is 15.1. The lowest BCUT2D eigenvalue weighted by Gasteiger charge is -2.09. The van der Waals surface area contributed by atoms with Crippen molar-refractivity contribution in [3.05, 3.63) is 40.7 Å². The summed E-state index contributed by atoms with van der Waals surface area (Å²) in [5, 5.41) is 6.28. The number of hydrogen-bond donors (Lipinski definition) is 2. The lowest BCUT2D eigenvalue weighted by Crippen LogP contribution is -2.14. The molecule has 0 saturated carbocycles. The molecule has 8 heteroatoms. The van der Waals surface area contributed by atoms with Crippen molar-refractivity contribution < 1.29 is 9.59 Å². The van der Waals surface area contributed by atoms with Crippen LogP contribution in [0.5, 0.6) is 0 Å². The summed E-state index contributed by atoms with van der Waals surface area (Å²) in [6.45, 7) is 5.17. The largest absolute Gasteiger partial charge is 0.325 e. The number of rotatable bonds is 5. The molecule has 2 amide bonds. The Morgan fingerprint density at radius 3 is 2.38 bits per heavy atom. The number of thioether (sulfide) groups is 1. The van der Waals surface area contributed by atoms with Gasteiger partial charge in [-0.15, -0.1) is 0 Å². The van der Waals surface area contributed by atoms with Crippen LogP contribution >= 0.6 is 23.4 Å². The predicted molar refractivity (Wildman–Crippen MR) is 96.6 cm³/mol. The topological polar surface area (TPSA) is 84.0 Å². The molecule has 2 rings (SSSR count). The molecule has 6 nitrogen and oxygen atoms in total. The first-order valence-electron chi connectivity index (χ1n) is 7.15. The van der Waals surface area contributed by atoms with Gasteiger partial charge in [-0.2, -0.15) is 0 Å². The van der Waals surface area contributed by atoms with Crippen LogP contribution in [-0.2, 0) is 9.59 Å². The van der Waals surface area contributed by atoms with Gasteiger partial charge in [-0.05, 0) is 38.1 Å². The quantitative estimate of drug-likeness (QED) is 0.627. The molecular formula is C16H17ClN4O2S. The molecule has 0 aliphatic rings. The van der Waals surface area contributed by atoms with Crippen LogP contribution in [0.4, 0.5) is 11.4 Å². The summed E-state index contributed by atoms with van der Waals surface area (Å²) in [5.41, 5.74) is 2.79. The number of benzene rings is 1. The molecule has 0 saturated heterocycles. The minimum Gasteiger partial charge on any atom is -0.325 e. The molecule has 2 N–H and O–H groups in total. The third-order valence-electron chi connectivity index (χ3n) is 2.86. The van der Waals surface area contributed by atoms with Crippen molar-refractivity contribution in [1.82, 2.24) is 9.97 Å². The van der Waals surface area contributed by atoms with Crippen molar-refractivity contribution in [1.29, 1.82) is 0 Å². The van der Waals surface area contributed by atoms with Crippen LogP contribution in [0.1, 0.15) is 18.3 Å². The zero-order chi connectivity index (χ0) is 17.7. The lowest BCUT2D eigenvalue weighted by molar-refractivity contribution is -0.114. The van der Waals surface area contributed by atoms with E-state index < -0.39 is 0 Å². The molecule has 0 fully saturated rings. The minimum absolute atomic E-state index is 0.188. The second-order valence-corrected chi connectivity index (χ2v) is 6.50. The van der Waals surface area contributed by atoms with E-state index in [1.165, 1.54) is 18.7 Å². The highest BCUT2D eigenvalue weighted by atomic mass is 35.5. The van der Waals surface area contributed by atoms with Crippen molar-refractivity contribution in [3.8, 4) is 0 Å². The molecule has 0 radical (unpaired) electrons. The van der Waals surface area contributed by atoms with E-state index in [-0.39, 0.29) is 17.6 Å². The molecule has 126 valence electrons. The van der Waals surface area contributed by atoms with Gasteiger partial charge in [0.1, 0.15) is 0 Å². The van der Waals surface area contributed by atoms with E-state index in [2.05, 4.69) is 20.6 Å². The maximum Gasteiger partial charge on any atom is 0.234 e. The van der Waals surface area contributed by atoms with Crippen LogP contribution in [-0.4, -0.2) is 27.5 Å². The summed E-state index contributed by atoms with van der Waals surface area (Å²) in [7, 11) is 0. The first kappa shape index (κ1) is 18.2.